The van der Waals surface area contributed by atoms with Crippen molar-refractivity contribution in [3.8, 4) is 5.75 Å². The number of nitrogens with zero attached hydrogens (tertiary/aromatic N) is 1. The summed E-state index contributed by atoms with van der Waals surface area (Å²) in [7, 11) is -3.08. The molecule has 9 nitrogen and oxygen atoms in total. The van der Waals surface area contributed by atoms with E-state index in [1.807, 2.05) is 0 Å². The van der Waals surface area contributed by atoms with E-state index in [-0.39, 0.29) is 34.7 Å². The molecular formula is C18H22ClN3O6S. The summed E-state index contributed by atoms with van der Waals surface area (Å²) >= 11 is 6.03. The maximum absolute atomic E-state index is 12.8. The molecule has 1 fully saturated rings. The van der Waals surface area contributed by atoms with Crippen LogP contribution >= 0.6 is 11.6 Å². The minimum Gasteiger partial charge on any atom is -0.504 e. The van der Waals surface area contributed by atoms with Crippen LogP contribution in [0.4, 0.5) is 17.1 Å². The average Bonchev–Trinajstić information content (AvgIpc) is 3.19. The van der Waals surface area contributed by atoms with Gasteiger partial charge in [0, 0.05) is 12.6 Å². The molecule has 0 heterocycles. The first-order valence-corrected chi connectivity index (χ1v) is 11.0. The number of phenolic OH excluding ortho intramolecular Hbond substituents is 1. The van der Waals surface area contributed by atoms with E-state index in [0.29, 0.717) is 4.47 Å². The van der Waals surface area contributed by atoms with Crippen LogP contribution in [0.5, 0.6) is 5.75 Å². The van der Waals surface area contributed by atoms with Crippen LogP contribution in [0.2, 0.25) is 5.02 Å². The van der Waals surface area contributed by atoms with Gasteiger partial charge in [-0.2, -0.15) is 0 Å². The van der Waals surface area contributed by atoms with Crippen molar-refractivity contribution in [2.24, 2.45) is 0 Å². The van der Waals surface area contributed by atoms with Crippen molar-refractivity contribution in [3.05, 3.63) is 37.6 Å². The molecule has 1 aliphatic rings. The van der Waals surface area contributed by atoms with Crippen LogP contribution in [-0.2, 0) is 14.9 Å². The Kier molecular flexibility index (Phi) is 6.18. The Morgan fingerprint density at radius 3 is 2.41 bits per heavy atom. The molecule has 3 N–H and O–H groups in total. The van der Waals surface area contributed by atoms with Crippen molar-refractivity contribution >= 4 is 38.7 Å². The molecule has 0 amide bonds. The molecule has 29 heavy (non-hydrogen) atoms. The molecule has 2 aromatic carbocycles. The number of hydrogen-bond acceptors (Lipinski definition) is 8. The summed E-state index contributed by atoms with van der Waals surface area (Å²) in [5.41, 5.74) is -1.31. The number of sulfonamides is 1. The fraction of sp³-hybridized carbons (Fsp3) is 0.444. The highest BCUT2D eigenvalue weighted by Crippen LogP contribution is 2.40. The lowest BCUT2D eigenvalue weighted by Gasteiger charge is -2.22. The van der Waals surface area contributed by atoms with E-state index in [1.54, 1.807) is 6.92 Å². The Balaban J connectivity index is 1.97. The highest BCUT2D eigenvalue weighted by Gasteiger charge is 2.32. The average molecular weight is 444 g/mol. The lowest BCUT2D eigenvalue weighted by Crippen LogP contribution is -2.38. The lowest BCUT2D eigenvalue weighted by molar-refractivity contribution is -0.0443. The van der Waals surface area contributed by atoms with Crippen LogP contribution in [0.1, 0.15) is 32.6 Å². The molecule has 0 spiro atoms. The SMILES string of the molecule is CCN(OC)S(=O)(=O)c1c(Cl)ccc(Nc2c(NC3CCCC3)c(=O)c2=O)c1O. The minimum atomic E-state index is -4.26. The Morgan fingerprint density at radius 2 is 1.83 bits per heavy atom. The molecule has 0 bridgehead atoms. The number of anilines is 3. The van der Waals surface area contributed by atoms with E-state index in [4.69, 9.17) is 16.4 Å². The third kappa shape index (κ3) is 3.85. The van der Waals surface area contributed by atoms with Crippen LogP contribution in [0, 0.1) is 0 Å². The first kappa shape index (κ1) is 21.6. The van der Waals surface area contributed by atoms with Gasteiger partial charge in [-0.15, -0.1) is 0 Å². The van der Waals surface area contributed by atoms with Crippen molar-refractivity contribution in [3.63, 3.8) is 0 Å². The Bertz CT molecular complexity index is 1080. The summed E-state index contributed by atoms with van der Waals surface area (Å²) in [4.78, 5) is 28.3. The maximum Gasteiger partial charge on any atom is 0.270 e. The van der Waals surface area contributed by atoms with Gasteiger partial charge in [0.2, 0.25) is 0 Å². The zero-order valence-electron chi connectivity index (χ0n) is 16.0. The number of rotatable bonds is 8. The highest BCUT2D eigenvalue weighted by molar-refractivity contribution is 7.89. The molecule has 0 radical (unpaired) electrons. The molecule has 0 unspecified atom stereocenters. The van der Waals surface area contributed by atoms with Crippen molar-refractivity contribution in [1.82, 2.24) is 4.47 Å². The predicted octanol–water partition coefficient (Wildman–Crippen LogP) is 2.31. The predicted molar refractivity (Wildman–Crippen MR) is 110 cm³/mol. The molecule has 0 atom stereocenters. The van der Waals surface area contributed by atoms with Crippen molar-refractivity contribution in [1.29, 1.82) is 0 Å². The number of nitrogens with one attached hydrogen (secondary N) is 2. The smallest absolute Gasteiger partial charge is 0.270 e. The summed E-state index contributed by atoms with van der Waals surface area (Å²) < 4.78 is 26.2. The van der Waals surface area contributed by atoms with Crippen LogP contribution in [-0.4, -0.2) is 37.7 Å². The highest BCUT2D eigenvalue weighted by atomic mass is 35.5. The van der Waals surface area contributed by atoms with E-state index in [9.17, 15) is 23.1 Å². The number of aromatic hydroxyl groups is 1. The topological polar surface area (TPSA) is 125 Å². The number of hydrogen-bond donors (Lipinski definition) is 3. The molecule has 1 aliphatic carbocycles. The molecule has 0 saturated heterocycles. The van der Waals surface area contributed by atoms with E-state index in [2.05, 4.69) is 10.6 Å². The number of benzene rings is 1. The summed E-state index contributed by atoms with van der Waals surface area (Å²) in [6.45, 7) is 1.54. The quantitative estimate of drug-likeness (QED) is 0.322. The fourth-order valence-corrected chi connectivity index (χ4v) is 5.30. The molecule has 0 aromatic heterocycles. The number of hydroxylamine groups is 1. The number of halogens is 1. The van der Waals surface area contributed by atoms with Gasteiger partial charge >= 0.3 is 0 Å². The zero-order valence-corrected chi connectivity index (χ0v) is 17.6. The summed E-state index contributed by atoms with van der Waals surface area (Å²) in [5.74, 6) is -0.673. The zero-order chi connectivity index (χ0) is 21.3. The van der Waals surface area contributed by atoms with Gasteiger partial charge in [0.05, 0.1) is 17.8 Å². The van der Waals surface area contributed by atoms with E-state index in [1.165, 1.54) is 19.2 Å². The van der Waals surface area contributed by atoms with Crippen LogP contribution in [0.25, 0.3) is 0 Å². The van der Waals surface area contributed by atoms with Gasteiger partial charge in [-0.1, -0.05) is 28.9 Å². The van der Waals surface area contributed by atoms with E-state index < -0.39 is 31.5 Å². The standard InChI is InChI=1S/C18H22ClN3O6S/c1-3-22(28-2)29(26,27)18-11(19)8-9-12(15(18)23)21-14-13(16(24)17(14)25)20-10-6-4-5-7-10/h8-10,20-21,23H,3-7H2,1-2H3. The second-order valence-corrected chi connectivity index (χ2v) is 8.91. The summed E-state index contributed by atoms with van der Waals surface area (Å²) in [6, 6.07) is 2.71. The molecular weight excluding hydrogens is 422 g/mol. The largest absolute Gasteiger partial charge is 0.504 e. The third-order valence-electron chi connectivity index (χ3n) is 4.94. The third-order valence-corrected chi connectivity index (χ3v) is 7.24. The first-order valence-electron chi connectivity index (χ1n) is 9.17. The molecule has 1 saturated carbocycles. The van der Waals surface area contributed by atoms with Gasteiger partial charge in [0.15, 0.2) is 5.75 Å². The first-order chi connectivity index (χ1) is 13.7. The van der Waals surface area contributed by atoms with Gasteiger partial charge in [0.25, 0.3) is 20.9 Å². The van der Waals surface area contributed by atoms with Gasteiger partial charge in [-0.25, -0.2) is 8.42 Å². The molecule has 2 aromatic rings. The van der Waals surface area contributed by atoms with E-state index in [0.717, 1.165) is 25.7 Å². The Morgan fingerprint density at radius 1 is 1.21 bits per heavy atom. The minimum absolute atomic E-state index is 0.0121. The summed E-state index contributed by atoms with van der Waals surface area (Å²) in [5, 5.41) is 16.1. The number of phenols is 1. The van der Waals surface area contributed by atoms with Gasteiger partial charge in [-0.3, -0.25) is 14.4 Å². The van der Waals surface area contributed by atoms with Crippen molar-refractivity contribution in [2.75, 3.05) is 24.3 Å². The van der Waals surface area contributed by atoms with Crippen LogP contribution in [0.3, 0.4) is 0 Å². The Hall–Kier alpha value is -2.14. The normalized spacial score (nSPS) is 15.3. The maximum atomic E-state index is 12.8. The van der Waals surface area contributed by atoms with E-state index >= 15 is 0 Å². The Labute approximate surface area is 172 Å². The molecule has 11 heteroatoms. The molecule has 158 valence electrons. The lowest BCUT2D eigenvalue weighted by atomic mass is 10.1. The van der Waals surface area contributed by atoms with Crippen molar-refractivity contribution in [2.45, 2.75) is 43.5 Å². The summed E-state index contributed by atoms with van der Waals surface area (Å²) in [6.07, 6.45) is 3.89. The van der Waals surface area contributed by atoms with Gasteiger partial charge in [0.1, 0.15) is 16.3 Å². The molecule has 3 rings (SSSR count). The van der Waals surface area contributed by atoms with Crippen LogP contribution < -0.4 is 21.5 Å². The second-order valence-electron chi connectivity index (χ2n) is 6.74. The second kappa shape index (κ2) is 8.31. The fourth-order valence-electron chi connectivity index (χ4n) is 3.45. The molecule has 0 aliphatic heterocycles. The van der Waals surface area contributed by atoms with Gasteiger partial charge < -0.3 is 15.7 Å². The van der Waals surface area contributed by atoms with Gasteiger partial charge in [-0.05, 0) is 31.9 Å². The van der Waals surface area contributed by atoms with Crippen molar-refractivity contribution < 1.29 is 18.4 Å². The van der Waals surface area contributed by atoms with Crippen LogP contribution in [0.15, 0.2) is 26.6 Å². The monoisotopic (exact) mass is 443 g/mol.